The molecule has 0 spiro atoms. The van der Waals surface area contributed by atoms with Gasteiger partial charge in [-0.25, -0.2) is 8.42 Å². The monoisotopic (exact) mass is 362 g/mol. The molecule has 1 aromatic carbocycles. The van der Waals surface area contributed by atoms with E-state index in [1.165, 1.54) is 12.1 Å². The Kier molecular flexibility index (Phi) is 4.70. The highest BCUT2D eigenvalue weighted by Gasteiger charge is 2.40. The van der Waals surface area contributed by atoms with Crippen LogP contribution in [0.2, 0.25) is 18.1 Å². The van der Waals surface area contributed by atoms with Gasteiger partial charge in [-0.1, -0.05) is 26.8 Å². The van der Waals surface area contributed by atoms with Crippen LogP contribution >= 0.6 is 10.7 Å². The van der Waals surface area contributed by atoms with Crippen molar-refractivity contribution in [3.63, 3.8) is 0 Å². The molecule has 1 heterocycles. The maximum Gasteiger partial charge on any atom is 0.261 e. The van der Waals surface area contributed by atoms with Crippen molar-refractivity contribution >= 4 is 28.1 Å². The van der Waals surface area contributed by atoms with Crippen molar-refractivity contribution < 1.29 is 17.6 Å². The summed E-state index contributed by atoms with van der Waals surface area (Å²) in [4.78, 5) is 0.0564. The summed E-state index contributed by atoms with van der Waals surface area (Å²) in [6.45, 7) is 11.5. The highest BCUT2D eigenvalue weighted by atomic mass is 35.7. The van der Waals surface area contributed by atoms with Crippen LogP contribution in [0.5, 0.6) is 5.75 Å². The molecule has 2 rings (SSSR count). The normalized spacial score (nSPS) is 19.5. The van der Waals surface area contributed by atoms with Crippen molar-refractivity contribution in [1.29, 1.82) is 0 Å². The quantitative estimate of drug-likeness (QED) is 0.588. The van der Waals surface area contributed by atoms with Crippen molar-refractivity contribution in [2.45, 2.75) is 56.3 Å². The first kappa shape index (κ1) is 17.8. The standard InChI is InChI=1S/C15H23ClO4SSi/c1-15(2,3)22(4,5)20-13-8-9-19-14-10-11(21(16,17)18)6-7-12(13)14/h6-7,10,13H,8-9H2,1-5H3/t13-/m1/s1. The molecule has 0 unspecified atom stereocenters. The summed E-state index contributed by atoms with van der Waals surface area (Å²) in [5, 5.41) is 0.116. The predicted molar refractivity (Wildman–Crippen MR) is 90.6 cm³/mol. The summed E-state index contributed by atoms with van der Waals surface area (Å²) >= 11 is 0. The van der Waals surface area contributed by atoms with Gasteiger partial charge in [0.1, 0.15) is 5.75 Å². The van der Waals surface area contributed by atoms with Crippen molar-refractivity contribution in [1.82, 2.24) is 0 Å². The summed E-state index contributed by atoms with van der Waals surface area (Å²) in [6.07, 6.45) is 0.712. The molecule has 124 valence electrons. The molecule has 4 nitrogen and oxygen atoms in total. The SMILES string of the molecule is CC(C)(C)[Si](C)(C)O[C@@H]1CCOc2cc(S(=O)(=O)Cl)ccc21. The fourth-order valence-electron chi connectivity index (χ4n) is 2.14. The Bertz CT molecular complexity index is 665. The molecular weight excluding hydrogens is 340 g/mol. The van der Waals surface area contributed by atoms with Crippen LogP contribution in [0.15, 0.2) is 23.1 Å². The van der Waals surface area contributed by atoms with E-state index < -0.39 is 17.4 Å². The second-order valence-electron chi connectivity index (χ2n) is 7.14. The third kappa shape index (κ3) is 3.67. The van der Waals surface area contributed by atoms with Gasteiger partial charge in [-0.15, -0.1) is 0 Å². The average molecular weight is 363 g/mol. The maximum absolute atomic E-state index is 11.4. The van der Waals surface area contributed by atoms with E-state index in [4.69, 9.17) is 19.8 Å². The Morgan fingerprint density at radius 2 is 1.95 bits per heavy atom. The second kappa shape index (κ2) is 5.82. The molecule has 0 amide bonds. The van der Waals surface area contributed by atoms with E-state index in [2.05, 4.69) is 33.9 Å². The lowest BCUT2D eigenvalue weighted by atomic mass is 10.0. The van der Waals surface area contributed by atoms with Gasteiger partial charge < -0.3 is 9.16 Å². The van der Waals surface area contributed by atoms with E-state index in [-0.39, 0.29) is 16.0 Å². The molecule has 0 saturated heterocycles. The Morgan fingerprint density at radius 1 is 1.32 bits per heavy atom. The van der Waals surface area contributed by atoms with Crippen LogP contribution in [-0.4, -0.2) is 23.3 Å². The lowest BCUT2D eigenvalue weighted by Gasteiger charge is -2.40. The van der Waals surface area contributed by atoms with Crippen LogP contribution in [0.25, 0.3) is 0 Å². The number of benzene rings is 1. The molecule has 0 aromatic heterocycles. The van der Waals surface area contributed by atoms with Crippen LogP contribution in [-0.2, 0) is 13.5 Å². The first-order chi connectivity index (χ1) is 9.92. The summed E-state index contributed by atoms with van der Waals surface area (Å²) < 4.78 is 35.0. The Morgan fingerprint density at radius 3 is 2.50 bits per heavy atom. The number of halogens is 1. The third-order valence-electron chi connectivity index (χ3n) is 4.49. The predicted octanol–water partition coefficient (Wildman–Crippen LogP) is 4.46. The number of hydrogen-bond donors (Lipinski definition) is 0. The minimum Gasteiger partial charge on any atom is -0.493 e. The summed E-state index contributed by atoms with van der Waals surface area (Å²) in [7, 11) is -0.267. The van der Waals surface area contributed by atoms with Crippen LogP contribution in [0.4, 0.5) is 0 Å². The maximum atomic E-state index is 11.4. The smallest absolute Gasteiger partial charge is 0.261 e. The van der Waals surface area contributed by atoms with E-state index >= 15 is 0 Å². The van der Waals surface area contributed by atoms with Gasteiger partial charge in [-0.2, -0.15) is 0 Å². The summed E-state index contributed by atoms with van der Waals surface area (Å²) in [5.74, 6) is 0.552. The van der Waals surface area contributed by atoms with Gasteiger partial charge in [0, 0.05) is 28.7 Å². The minimum atomic E-state index is -3.75. The Balaban J connectivity index is 2.34. The highest BCUT2D eigenvalue weighted by molar-refractivity contribution is 8.13. The topological polar surface area (TPSA) is 52.6 Å². The van der Waals surface area contributed by atoms with E-state index in [1.807, 2.05) is 0 Å². The first-order valence-corrected chi connectivity index (χ1v) is 12.5. The lowest BCUT2D eigenvalue weighted by Crippen LogP contribution is -2.42. The summed E-state index contributed by atoms with van der Waals surface area (Å²) in [6, 6.07) is 4.75. The van der Waals surface area contributed by atoms with Gasteiger partial charge in [0.25, 0.3) is 9.05 Å². The molecule has 1 atom stereocenters. The van der Waals surface area contributed by atoms with Crippen molar-refractivity contribution in [2.75, 3.05) is 6.61 Å². The van der Waals surface area contributed by atoms with Gasteiger partial charge in [0.05, 0.1) is 17.6 Å². The molecule has 0 bridgehead atoms. The summed E-state index contributed by atoms with van der Waals surface area (Å²) in [5.41, 5.74) is 0.903. The first-order valence-electron chi connectivity index (χ1n) is 7.31. The average Bonchev–Trinajstić information content (AvgIpc) is 2.35. The molecule has 1 aromatic rings. The molecule has 0 fully saturated rings. The number of fused-ring (bicyclic) bond motifs is 1. The van der Waals surface area contributed by atoms with E-state index in [0.717, 1.165) is 12.0 Å². The molecule has 0 aliphatic carbocycles. The molecule has 0 saturated carbocycles. The van der Waals surface area contributed by atoms with Gasteiger partial charge >= 0.3 is 0 Å². The van der Waals surface area contributed by atoms with Crippen LogP contribution in [0.1, 0.15) is 38.9 Å². The number of ether oxygens (including phenoxy) is 1. The van der Waals surface area contributed by atoms with Gasteiger partial charge in [0.15, 0.2) is 8.32 Å². The second-order valence-corrected chi connectivity index (χ2v) is 14.5. The molecule has 7 heteroatoms. The number of hydrogen-bond acceptors (Lipinski definition) is 4. The fraction of sp³-hybridized carbons (Fsp3) is 0.600. The molecule has 0 N–H and O–H groups in total. The van der Waals surface area contributed by atoms with E-state index in [1.54, 1.807) is 6.07 Å². The van der Waals surface area contributed by atoms with E-state index in [0.29, 0.717) is 12.4 Å². The van der Waals surface area contributed by atoms with Crippen LogP contribution < -0.4 is 4.74 Å². The van der Waals surface area contributed by atoms with Crippen molar-refractivity contribution in [3.05, 3.63) is 23.8 Å². The fourth-order valence-corrected chi connectivity index (χ4v) is 4.22. The zero-order valence-electron chi connectivity index (χ0n) is 13.6. The lowest BCUT2D eigenvalue weighted by molar-refractivity contribution is 0.122. The zero-order valence-corrected chi connectivity index (χ0v) is 16.2. The molecular formula is C15H23ClO4SSi. The molecule has 1 aliphatic heterocycles. The highest BCUT2D eigenvalue weighted by Crippen LogP contribution is 2.43. The molecule has 0 radical (unpaired) electrons. The Hall–Kier alpha value is -0.563. The molecule has 1 aliphatic rings. The van der Waals surface area contributed by atoms with Gasteiger partial charge in [0.2, 0.25) is 0 Å². The minimum absolute atomic E-state index is 0.0564. The van der Waals surface area contributed by atoms with E-state index in [9.17, 15) is 8.42 Å². The zero-order chi connectivity index (χ0) is 16.8. The van der Waals surface area contributed by atoms with Gasteiger partial charge in [-0.05, 0) is 24.2 Å². The van der Waals surface area contributed by atoms with Crippen molar-refractivity contribution in [2.24, 2.45) is 0 Å². The molecule has 22 heavy (non-hydrogen) atoms. The third-order valence-corrected chi connectivity index (χ3v) is 10.3. The van der Waals surface area contributed by atoms with Gasteiger partial charge in [-0.3, -0.25) is 0 Å². The Labute approximate surface area is 138 Å². The number of rotatable bonds is 3. The van der Waals surface area contributed by atoms with Crippen molar-refractivity contribution in [3.8, 4) is 5.75 Å². The van der Waals surface area contributed by atoms with Crippen LogP contribution in [0.3, 0.4) is 0 Å². The van der Waals surface area contributed by atoms with Crippen LogP contribution in [0, 0.1) is 0 Å². The largest absolute Gasteiger partial charge is 0.493 e.